The van der Waals surface area contributed by atoms with Gasteiger partial charge in [-0.25, -0.2) is 0 Å². The number of amides is 3. The summed E-state index contributed by atoms with van der Waals surface area (Å²) in [4.78, 5) is 46.8. The maximum absolute atomic E-state index is 14.1. The number of carbonyl (C=O) groups is 3. The summed E-state index contributed by atoms with van der Waals surface area (Å²) in [5.74, 6) is -0.749. The molecule has 3 amide bonds. The molecule has 0 aliphatic carbocycles. The molecule has 3 aromatic rings. The highest BCUT2D eigenvalue weighted by molar-refractivity contribution is 6.32. The Morgan fingerprint density at radius 3 is 2.67 bits per heavy atom. The van der Waals surface area contributed by atoms with Crippen molar-refractivity contribution in [2.75, 3.05) is 31.6 Å². The van der Waals surface area contributed by atoms with Gasteiger partial charge in [-0.1, -0.05) is 29.3 Å². The Balaban J connectivity index is 1.63. The summed E-state index contributed by atoms with van der Waals surface area (Å²) < 4.78 is 0. The van der Waals surface area contributed by atoms with Gasteiger partial charge in [-0.05, 0) is 42.3 Å². The molecule has 0 radical (unpaired) electrons. The predicted molar refractivity (Wildman–Crippen MR) is 127 cm³/mol. The van der Waals surface area contributed by atoms with Crippen LogP contribution in [0.25, 0.3) is 10.8 Å². The molecule has 9 heteroatoms. The zero-order valence-electron chi connectivity index (χ0n) is 17.8. The summed E-state index contributed by atoms with van der Waals surface area (Å²) in [6.45, 7) is 0.402. The SMILES string of the molecule is CNC(=O)CN1CC2(CCN(c3cncc4ccc(Cl)cc34)C2=O)c2cc(Cl)ccc2C1=O. The van der Waals surface area contributed by atoms with E-state index < -0.39 is 5.41 Å². The number of rotatable bonds is 3. The van der Waals surface area contributed by atoms with E-state index in [0.717, 1.165) is 10.8 Å². The minimum absolute atomic E-state index is 0.0981. The molecule has 168 valence electrons. The topological polar surface area (TPSA) is 82.6 Å². The lowest BCUT2D eigenvalue weighted by molar-refractivity contribution is -0.125. The molecule has 7 nitrogen and oxygen atoms in total. The van der Waals surface area contributed by atoms with Crippen LogP contribution in [0.1, 0.15) is 22.3 Å². The first kappa shape index (κ1) is 21.7. The van der Waals surface area contributed by atoms with Crippen molar-refractivity contribution in [3.05, 3.63) is 70.0 Å². The summed E-state index contributed by atoms with van der Waals surface area (Å²) in [5.41, 5.74) is 0.647. The molecule has 2 aliphatic heterocycles. The average molecular weight is 483 g/mol. The fourth-order valence-corrected chi connectivity index (χ4v) is 5.21. The molecule has 2 aromatic carbocycles. The number of likely N-dealkylation sites (N-methyl/N-ethyl adjacent to an activating group) is 1. The van der Waals surface area contributed by atoms with E-state index in [1.807, 2.05) is 12.1 Å². The Labute approximate surface area is 200 Å². The van der Waals surface area contributed by atoms with Gasteiger partial charge in [-0.3, -0.25) is 19.4 Å². The van der Waals surface area contributed by atoms with Crippen LogP contribution in [-0.4, -0.2) is 54.3 Å². The first-order valence-electron chi connectivity index (χ1n) is 10.5. The van der Waals surface area contributed by atoms with Gasteiger partial charge < -0.3 is 15.1 Å². The van der Waals surface area contributed by atoms with E-state index in [0.29, 0.717) is 39.8 Å². The summed E-state index contributed by atoms with van der Waals surface area (Å²) in [5, 5.41) is 5.25. The Hall–Kier alpha value is -3.16. The number of fused-ring (bicyclic) bond motifs is 3. The van der Waals surface area contributed by atoms with Gasteiger partial charge in [0, 0.05) is 52.7 Å². The van der Waals surface area contributed by atoms with Crippen LogP contribution >= 0.6 is 23.2 Å². The fourth-order valence-electron chi connectivity index (χ4n) is 4.86. The number of carbonyl (C=O) groups excluding carboxylic acids is 3. The third kappa shape index (κ3) is 3.43. The zero-order valence-corrected chi connectivity index (χ0v) is 19.3. The minimum atomic E-state index is -1.01. The van der Waals surface area contributed by atoms with Gasteiger partial charge in [-0.2, -0.15) is 0 Å². The number of anilines is 1. The van der Waals surface area contributed by atoms with Crippen LogP contribution in [0.5, 0.6) is 0 Å². The lowest BCUT2D eigenvalue weighted by Gasteiger charge is -2.40. The maximum Gasteiger partial charge on any atom is 0.254 e. The van der Waals surface area contributed by atoms with Gasteiger partial charge in [0.2, 0.25) is 11.8 Å². The molecule has 3 heterocycles. The van der Waals surface area contributed by atoms with Crippen molar-refractivity contribution in [1.29, 1.82) is 0 Å². The Morgan fingerprint density at radius 2 is 1.88 bits per heavy atom. The summed E-state index contributed by atoms with van der Waals surface area (Å²) >= 11 is 12.5. The van der Waals surface area contributed by atoms with E-state index in [-0.39, 0.29) is 30.8 Å². The van der Waals surface area contributed by atoms with E-state index in [9.17, 15) is 14.4 Å². The zero-order chi connectivity index (χ0) is 23.3. The van der Waals surface area contributed by atoms with Crippen molar-refractivity contribution in [2.45, 2.75) is 11.8 Å². The number of pyridine rings is 1. The quantitative estimate of drug-likeness (QED) is 0.619. The smallest absolute Gasteiger partial charge is 0.254 e. The molecule has 33 heavy (non-hydrogen) atoms. The third-order valence-corrected chi connectivity index (χ3v) is 6.97. The van der Waals surface area contributed by atoms with E-state index in [1.54, 1.807) is 41.6 Å². The van der Waals surface area contributed by atoms with Gasteiger partial charge in [0.15, 0.2) is 0 Å². The molecule has 0 bridgehead atoms. The fraction of sp³-hybridized carbons (Fsp3) is 0.250. The lowest BCUT2D eigenvalue weighted by atomic mass is 9.73. The monoisotopic (exact) mass is 482 g/mol. The van der Waals surface area contributed by atoms with E-state index in [2.05, 4.69) is 10.3 Å². The first-order chi connectivity index (χ1) is 15.8. The lowest BCUT2D eigenvalue weighted by Crippen LogP contribution is -2.55. The van der Waals surface area contributed by atoms with Crippen LogP contribution in [0.15, 0.2) is 48.8 Å². The Kier molecular flexibility index (Phi) is 5.26. The van der Waals surface area contributed by atoms with Crippen molar-refractivity contribution in [3.8, 4) is 0 Å². The third-order valence-electron chi connectivity index (χ3n) is 6.50. The second kappa shape index (κ2) is 8.01. The highest BCUT2D eigenvalue weighted by atomic mass is 35.5. The van der Waals surface area contributed by atoms with E-state index in [4.69, 9.17) is 23.2 Å². The number of aromatic nitrogens is 1. The number of hydrogen-bond acceptors (Lipinski definition) is 4. The molecule has 1 saturated heterocycles. The second-order valence-electron chi connectivity index (χ2n) is 8.34. The van der Waals surface area contributed by atoms with E-state index >= 15 is 0 Å². The van der Waals surface area contributed by atoms with Crippen molar-refractivity contribution in [2.24, 2.45) is 0 Å². The summed E-state index contributed by atoms with van der Waals surface area (Å²) in [6, 6.07) is 10.4. The van der Waals surface area contributed by atoms with Gasteiger partial charge in [0.1, 0.15) is 0 Å². The van der Waals surface area contributed by atoms with Crippen LogP contribution in [-0.2, 0) is 15.0 Å². The summed E-state index contributed by atoms with van der Waals surface area (Å²) in [6.07, 6.45) is 3.85. The molecular weight excluding hydrogens is 463 g/mol. The normalized spacial score (nSPS) is 20.0. The Morgan fingerprint density at radius 1 is 1.12 bits per heavy atom. The second-order valence-corrected chi connectivity index (χ2v) is 9.21. The number of nitrogens with one attached hydrogen (secondary N) is 1. The molecule has 0 saturated carbocycles. The average Bonchev–Trinajstić information content (AvgIpc) is 3.13. The van der Waals surface area contributed by atoms with Crippen LogP contribution in [0.3, 0.4) is 0 Å². The highest BCUT2D eigenvalue weighted by Crippen LogP contribution is 2.45. The van der Waals surface area contributed by atoms with Crippen LogP contribution in [0, 0.1) is 0 Å². The first-order valence-corrected chi connectivity index (χ1v) is 11.2. The van der Waals surface area contributed by atoms with Crippen molar-refractivity contribution in [3.63, 3.8) is 0 Å². The molecule has 1 unspecified atom stereocenters. The van der Waals surface area contributed by atoms with Crippen LogP contribution < -0.4 is 10.2 Å². The standard InChI is InChI=1S/C24H20Cl2N4O3/c1-27-21(31)12-29-13-24(19-9-16(26)4-5-17(19)22(29)32)6-7-30(23(24)33)20-11-28-10-14-2-3-15(25)8-18(14)20/h2-5,8-11H,6-7,12-13H2,1H3,(H,27,31). The molecule has 1 fully saturated rings. The molecule has 1 N–H and O–H groups in total. The molecule has 1 spiro atoms. The van der Waals surface area contributed by atoms with Crippen molar-refractivity contribution < 1.29 is 14.4 Å². The number of hydrogen-bond donors (Lipinski definition) is 1. The number of nitrogens with zero attached hydrogens (tertiary/aromatic N) is 3. The molecule has 1 aromatic heterocycles. The van der Waals surface area contributed by atoms with Gasteiger partial charge >= 0.3 is 0 Å². The molecular formula is C24H20Cl2N4O3. The predicted octanol–water partition coefficient (Wildman–Crippen LogP) is 3.42. The van der Waals surface area contributed by atoms with Gasteiger partial charge in [-0.15, -0.1) is 0 Å². The highest BCUT2D eigenvalue weighted by Gasteiger charge is 2.54. The maximum atomic E-state index is 14.1. The van der Waals surface area contributed by atoms with Crippen LogP contribution in [0.2, 0.25) is 10.0 Å². The molecule has 5 rings (SSSR count). The van der Waals surface area contributed by atoms with Gasteiger partial charge in [0.05, 0.1) is 23.8 Å². The minimum Gasteiger partial charge on any atom is -0.358 e. The summed E-state index contributed by atoms with van der Waals surface area (Å²) in [7, 11) is 1.52. The van der Waals surface area contributed by atoms with Crippen molar-refractivity contribution in [1.82, 2.24) is 15.2 Å². The number of halogens is 2. The van der Waals surface area contributed by atoms with E-state index in [1.165, 1.54) is 11.9 Å². The van der Waals surface area contributed by atoms with Gasteiger partial charge in [0.25, 0.3) is 5.91 Å². The van der Waals surface area contributed by atoms with Crippen LogP contribution in [0.4, 0.5) is 5.69 Å². The number of benzene rings is 2. The van der Waals surface area contributed by atoms with Crippen molar-refractivity contribution >= 4 is 57.4 Å². The largest absolute Gasteiger partial charge is 0.358 e. The Bertz CT molecular complexity index is 1330. The molecule has 1 atom stereocenters. The molecule has 2 aliphatic rings.